The Labute approximate surface area is 218 Å². The van der Waals surface area contributed by atoms with Crippen molar-refractivity contribution in [3.63, 3.8) is 0 Å². The number of imidazole rings is 1. The van der Waals surface area contributed by atoms with Gasteiger partial charge in [-0.15, -0.1) is 0 Å². The average Bonchev–Trinajstić information content (AvgIpc) is 3.52. The van der Waals surface area contributed by atoms with Gasteiger partial charge in [0.05, 0.1) is 23.1 Å². The predicted octanol–water partition coefficient (Wildman–Crippen LogP) is 6.74. The van der Waals surface area contributed by atoms with Crippen molar-refractivity contribution in [2.75, 3.05) is 5.32 Å². The molecule has 9 heteroatoms. The third-order valence-corrected chi connectivity index (χ3v) is 6.16. The lowest BCUT2D eigenvalue weighted by Gasteiger charge is -2.12. The van der Waals surface area contributed by atoms with Gasteiger partial charge < -0.3 is 10.3 Å². The highest BCUT2D eigenvalue weighted by atomic mass is 19.1. The van der Waals surface area contributed by atoms with Crippen molar-refractivity contribution < 1.29 is 4.39 Å². The molecule has 0 amide bonds. The lowest BCUT2D eigenvalue weighted by molar-refractivity contribution is 0.628. The molecule has 0 fully saturated rings. The molecule has 0 aliphatic heterocycles. The van der Waals surface area contributed by atoms with Crippen molar-refractivity contribution in [2.24, 2.45) is 5.92 Å². The minimum absolute atomic E-state index is 0.309. The van der Waals surface area contributed by atoms with E-state index in [0.29, 0.717) is 34.1 Å². The van der Waals surface area contributed by atoms with Gasteiger partial charge in [0.2, 0.25) is 0 Å². The molecular weight excluding hydrogens is 479 g/mol. The minimum atomic E-state index is -0.309. The van der Waals surface area contributed by atoms with Gasteiger partial charge in [-0.2, -0.15) is 5.10 Å². The summed E-state index contributed by atoms with van der Waals surface area (Å²) < 4.78 is 13.9. The SMILES string of the molecule is C=C(CC(C)C)Nc1cncc(-c2ccc3[nH]nc(-c4nc5c(-c6cccc(F)c6)ccnc5[nH]4)c3n2)c1. The predicted molar refractivity (Wildman–Crippen MR) is 148 cm³/mol. The van der Waals surface area contributed by atoms with Crippen molar-refractivity contribution in [3.05, 3.63) is 85.2 Å². The van der Waals surface area contributed by atoms with Crippen LogP contribution in [0.25, 0.3) is 56.1 Å². The van der Waals surface area contributed by atoms with Crippen molar-refractivity contribution in [2.45, 2.75) is 20.3 Å². The number of rotatable bonds is 7. The summed E-state index contributed by atoms with van der Waals surface area (Å²) >= 11 is 0. The Balaban J connectivity index is 1.38. The maximum absolute atomic E-state index is 13.9. The van der Waals surface area contributed by atoms with Gasteiger partial charge in [0, 0.05) is 29.2 Å². The zero-order valence-corrected chi connectivity index (χ0v) is 21.0. The Morgan fingerprint density at radius 3 is 2.76 bits per heavy atom. The second kappa shape index (κ2) is 9.51. The first-order chi connectivity index (χ1) is 18.4. The number of halogens is 1. The maximum Gasteiger partial charge on any atom is 0.162 e. The fourth-order valence-corrected chi connectivity index (χ4v) is 4.53. The van der Waals surface area contributed by atoms with Gasteiger partial charge in [-0.3, -0.25) is 10.1 Å². The molecule has 38 heavy (non-hydrogen) atoms. The lowest BCUT2D eigenvalue weighted by Crippen LogP contribution is -2.02. The van der Waals surface area contributed by atoms with Crippen LogP contribution in [0.4, 0.5) is 10.1 Å². The Bertz CT molecular complexity index is 1800. The summed E-state index contributed by atoms with van der Waals surface area (Å²) in [6.07, 6.45) is 6.10. The Morgan fingerprint density at radius 1 is 1.03 bits per heavy atom. The molecule has 0 aliphatic rings. The number of nitrogens with zero attached hydrogens (tertiary/aromatic N) is 5. The number of hydrogen-bond donors (Lipinski definition) is 3. The molecule has 0 spiro atoms. The molecule has 0 unspecified atom stereocenters. The van der Waals surface area contributed by atoms with Crippen molar-refractivity contribution in [1.29, 1.82) is 0 Å². The second-order valence-electron chi connectivity index (χ2n) is 9.61. The van der Waals surface area contributed by atoms with E-state index in [4.69, 9.17) is 9.97 Å². The first-order valence-electron chi connectivity index (χ1n) is 12.3. The van der Waals surface area contributed by atoms with Crippen molar-refractivity contribution >= 4 is 27.9 Å². The van der Waals surface area contributed by atoms with E-state index in [0.717, 1.165) is 45.7 Å². The number of hydrogen-bond acceptors (Lipinski definition) is 6. The molecule has 0 aliphatic carbocycles. The van der Waals surface area contributed by atoms with E-state index in [1.54, 1.807) is 24.7 Å². The molecule has 3 N–H and O–H groups in total. The van der Waals surface area contributed by atoms with Gasteiger partial charge in [0.25, 0.3) is 0 Å². The number of benzene rings is 1. The van der Waals surface area contributed by atoms with E-state index >= 15 is 0 Å². The van der Waals surface area contributed by atoms with Crippen LogP contribution in [0.15, 0.2) is 79.4 Å². The van der Waals surface area contributed by atoms with Gasteiger partial charge in [0.15, 0.2) is 17.2 Å². The summed E-state index contributed by atoms with van der Waals surface area (Å²) in [5.74, 6) is 0.718. The topological polar surface area (TPSA) is 108 Å². The van der Waals surface area contributed by atoms with E-state index in [1.165, 1.54) is 12.1 Å². The van der Waals surface area contributed by atoms with E-state index in [9.17, 15) is 4.39 Å². The largest absolute Gasteiger partial charge is 0.358 e. The van der Waals surface area contributed by atoms with Crippen LogP contribution in [-0.2, 0) is 0 Å². The van der Waals surface area contributed by atoms with Crippen LogP contribution < -0.4 is 5.32 Å². The summed E-state index contributed by atoms with van der Waals surface area (Å²) in [4.78, 5) is 21.8. The third kappa shape index (κ3) is 4.50. The molecule has 0 saturated heterocycles. The normalized spacial score (nSPS) is 11.5. The number of H-pyrrole nitrogens is 2. The van der Waals surface area contributed by atoms with Crippen LogP contribution in [0.5, 0.6) is 0 Å². The van der Waals surface area contributed by atoms with Gasteiger partial charge in [-0.25, -0.2) is 19.3 Å². The van der Waals surface area contributed by atoms with Gasteiger partial charge in [0.1, 0.15) is 16.9 Å². The molecule has 0 saturated carbocycles. The molecule has 0 radical (unpaired) electrons. The molecular formula is C29H25FN8. The fraction of sp³-hybridized carbons (Fsp3) is 0.138. The molecule has 6 rings (SSSR count). The number of fused-ring (bicyclic) bond motifs is 2. The second-order valence-corrected chi connectivity index (χ2v) is 9.61. The van der Waals surface area contributed by atoms with Crippen LogP contribution in [0.2, 0.25) is 0 Å². The first-order valence-corrected chi connectivity index (χ1v) is 12.3. The van der Waals surface area contributed by atoms with E-state index in [2.05, 4.69) is 50.9 Å². The molecule has 188 valence electrons. The van der Waals surface area contributed by atoms with Crippen molar-refractivity contribution in [3.8, 4) is 33.9 Å². The zero-order valence-electron chi connectivity index (χ0n) is 21.0. The van der Waals surface area contributed by atoms with E-state index < -0.39 is 0 Å². The smallest absolute Gasteiger partial charge is 0.162 e. The Kier molecular flexibility index (Phi) is 5.88. The van der Waals surface area contributed by atoms with Crippen LogP contribution >= 0.6 is 0 Å². The minimum Gasteiger partial charge on any atom is -0.358 e. The summed E-state index contributed by atoms with van der Waals surface area (Å²) in [5, 5.41) is 10.9. The number of pyridine rings is 3. The van der Waals surface area contributed by atoms with Gasteiger partial charge in [-0.05, 0) is 54.3 Å². The summed E-state index contributed by atoms with van der Waals surface area (Å²) in [6.45, 7) is 8.43. The molecule has 0 bridgehead atoms. The van der Waals surface area contributed by atoms with Crippen LogP contribution in [0, 0.1) is 11.7 Å². The number of allylic oxidation sites excluding steroid dienone is 1. The van der Waals surface area contributed by atoms with Gasteiger partial charge >= 0.3 is 0 Å². The quantitative estimate of drug-likeness (QED) is 0.222. The molecule has 5 aromatic heterocycles. The fourth-order valence-electron chi connectivity index (χ4n) is 4.53. The zero-order chi connectivity index (χ0) is 26.2. The number of nitrogens with one attached hydrogen (secondary N) is 3. The molecule has 8 nitrogen and oxygen atoms in total. The third-order valence-electron chi connectivity index (χ3n) is 6.16. The average molecular weight is 505 g/mol. The highest BCUT2D eigenvalue weighted by Crippen LogP contribution is 2.31. The Hall–Kier alpha value is -4.92. The monoisotopic (exact) mass is 504 g/mol. The number of aromatic amines is 2. The maximum atomic E-state index is 13.9. The molecule has 1 aromatic carbocycles. The van der Waals surface area contributed by atoms with E-state index in [-0.39, 0.29) is 5.82 Å². The van der Waals surface area contributed by atoms with Crippen LogP contribution in [-0.4, -0.2) is 35.1 Å². The summed E-state index contributed by atoms with van der Waals surface area (Å²) in [6, 6.07) is 14.1. The standard InChI is InChI=1S/C29H25FN8/c1-16(2)11-17(3)33-21-13-19(14-31-15-21)23-7-8-24-26(34-23)27(38-37-24)29-35-25-22(9-10-32-28(25)36-29)18-5-4-6-20(30)12-18/h4-10,12-16,33H,3,11H2,1-2H3,(H,37,38)(H,32,35,36). The first kappa shape index (κ1) is 23.5. The Morgan fingerprint density at radius 2 is 1.92 bits per heavy atom. The summed E-state index contributed by atoms with van der Waals surface area (Å²) in [5.41, 5.74) is 8.13. The number of aromatic nitrogens is 7. The van der Waals surface area contributed by atoms with Crippen molar-refractivity contribution in [1.82, 2.24) is 35.1 Å². The van der Waals surface area contributed by atoms with Gasteiger partial charge in [-0.1, -0.05) is 32.6 Å². The molecule has 5 heterocycles. The highest BCUT2D eigenvalue weighted by Gasteiger charge is 2.18. The molecule has 0 atom stereocenters. The lowest BCUT2D eigenvalue weighted by atomic mass is 10.1. The van der Waals surface area contributed by atoms with Crippen LogP contribution in [0.1, 0.15) is 20.3 Å². The van der Waals surface area contributed by atoms with Crippen LogP contribution in [0.3, 0.4) is 0 Å². The number of anilines is 1. The molecule has 6 aromatic rings. The highest BCUT2D eigenvalue weighted by molar-refractivity contribution is 5.95. The summed E-state index contributed by atoms with van der Waals surface area (Å²) in [7, 11) is 0. The van der Waals surface area contributed by atoms with E-state index in [1.807, 2.05) is 30.3 Å².